The molecule has 28 aromatic rings. The number of hydrogen-bond donors (Lipinski definition) is 0. The Morgan fingerprint density at radius 3 is 1.01 bits per heavy atom. The number of rotatable bonds is 9. The predicted molar refractivity (Wildman–Crippen MR) is 590 cm³/mol. The third-order valence-electron chi connectivity index (χ3n) is 28.8. The van der Waals surface area contributed by atoms with Crippen molar-refractivity contribution in [1.82, 2.24) is 13.7 Å². The molecule has 0 N–H and O–H groups in total. The first-order valence-corrected chi connectivity index (χ1v) is 49.1. The summed E-state index contributed by atoms with van der Waals surface area (Å²) in [6.45, 7) is 0. The normalized spacial score (nSPS) is 12.4. The van der Waals surface area contributed by atoms with Crippen LogP contribution < -0.4 is 14.7 Å². The number of nitrogens with zero attached hydrogens (tertiary/aromatic N) is 6. The van der Waals surface area contributed by atoms with Crippen molar-refractivity contribution in [3.63, 3.8) is 0 Å². The SMILES string of the molecule is c1cc(-c2cc3c4c(c2)c2ccccc2n4-c2ccccc2N3c2cccc3c2sc2ccccc23)cc(-c2cccc3ccccc23)c1.c1ccc(-c2cccc(-c3cc4c5c(c3)c3ccccc3n5-c3ccccc3N4c3cccc4c3sc3ccccc34)c2)cc1.c1ccc(N2c3ccccc3-n3c4ccccc4c4cc(-c5cccc(-c6cccc7c6oc6ccccc67)c5)cc2c43)cc1. The maximum atomic E-state index is 6.42. The van der Waals surface area contributed by atoms with Gasteiger partial charge in [-0.3, -0.25) is 0 Å². The molecule has 0 spiro atoms. The fourth-order valence-electron chi connectivity index (χ4n) is 22.8. The van der Waals surface area contributed by atoms with Gasteiger partial charge in [0.1, 0.15) is 11.2 Å². The Balaban J connectivity index is 0.000000100. The van der Waals surface area contributed by atoms with Crippen molar-refractivity contribution in [1.29, 1.82) is 0 Å². The van der Waals surface area contributed by atoms with Gasteiger partial charge in [0.2, 0.25) is 0 Å². The van der Waals surface area contributed by atoms with E-state index < -0.39 is 0 Å². The summed E-state index contributed by atoms with van der Waals surface area (Å²) in [5.41, 5.74) is 37.9. The molecule has 0 aliphatic carbocycles. The summed E-state index contributed by atoms with van der Waals surface area (Å²) in [6.07, 6.45) is 0. The van der Waals surface area contributed by atoms with Crippen molar-refractivity contribution in [3.8, 4) is 83.8 Å². The zero-order valence-corrected chi connectivity index (χ0v) is 76.7. The number of thiophene rings is 2. The van der Waals surface area contributed by atoms with Gasteiger partial charge in [0.05, 0.1) is 105 Å². The quantitative estimate of drug-likeness (QED) is 0.144. The summed E-state index contributed by atoms with van der Waals surface area (Å²) in [5.74, 6) is 0. The molecular formula is C130H80N6OS2. The van der Waals surface area contributed by atoms with Gasteiger partial charge in [-0.05, 0) is 224 Å². The van der Waals surface area contributed by atoms with Crippen LogP contribution in [0.2, 0.25) is 0 Å². The number of para-hydroxylation sites is 12. The van der Waals surface area contributed by atoms with E-state index in [1.165, 1.54) is 235 Å². The van der Waals surface area contributed by atoms with Crippen LogP contribution in [0.4, 0.5) is 51.2 Å². The van der Waals surface area contributed by atoms with Crippen LogP contribution in [0.25, 0.3) is 222 Å². The van der Waals surface area contributed by atoms with Crippen LogP contribution in [-0.2, 0) is 0 Å². The minimum Gasteiger partial charge on any atom is -0.455 e. The molecule has 0 bridgehead atoms. The maximum absolute atomic E-state index is 6.42. The Bertz CT molecular complexity index is 9970. The predicted octanol–water partition coefficient (Wildman–Crippen LogP) is 37.5. The van der Waals surface area contributed by atoms with Gasteiger partial charge >= 0.3 is 0 Å². The van der Waals surface area contributed by atoms with Crippen molar-refractivity contribution < 1.29 is 4.42 Å². The first-order valence-electron chi connectivity index (χ1n) is 47.5. The largest absolute Gasteiger partial charge is 0.455 e. The van der Waals surface area contributed by atoms with Gasteiger partial charge in [-0.1, -0.05) is 334 Å². The zero-order valence-electron chi connectivity index (χ0n) is 75.1. The van der Waals surface area contributed by atoms with Crippen LogP contribution in [0.3, 0.4) is 0 Å². The molecule has 31 rings (SSSR count). The molecule has 0 unspecified atom stereocenters. The van der Waals surface area contributed by atoms with Crippen molar-refractivity contribution in [3.05, 3.63) is 485 Å². The molecule has 9 heteroatoms. The highest BCUT2D eigenvalue weighted by molar-refractivity contribution is 7.27. The van der Waals surface area contributed by atoms with E-state index in [0.29, 0.717) is 0 Å². The molecule has 139 heavy (non-hydrogen) atoms. The Morgan fingerprint density at radius 1 is 0.173 bits per heavy atom. The molecule has 0 saturated heterocycles. The van der Waals surface area contributed by atoms with E-state index >= 15 is 0 Å². The molecule has 0 atom stereocenters. The van der Waals surface area contributed by atoms with Crippen LogP contribution >= 0.6 is 22.7 Å². The van der Waals surface area contributed by atoms with E-state index in [2.05, 4.69) is 502 Å². The highest BCUT2D eigenvalue weighted by atomic mass is 32.1. The molecule has 0 radical (unpaired) electrons. The molecule has 0 fully saturated rings. The molecule has 22 aromatic carbocycles. The average Bonchev–Trinajstić information content (AvgIpc) is 1.55. The van der Waals surface area contributed by atoms with Crippen molar-refractivity contribution in [2.24, 2.45) is 0 Å². The second kappa shape index (κ2) is 31.4. The molecule has 3 aliphatic rings. The first kappa shape index (κ1) is 78.6. The van der Waals surface area contributed by atoms with Gasteiger partial charge in [-0.25, -0.2) is 0 Å². The van der Waals surface area contributed by atoms with Crippen LogP contribution in [0.15, 0.2) is 490 Å². The number of aromatic nitrogens is 3. The Kier molecular flexibility index (Phi) is 17.7. The highest BCUT2D eigenvalue weighted by Gasteiger charge is 2.36. The topological polar surface area (TPSA) is 37.6 Å². The van der Waals surface area contributed by atoms with E-state index in [1.54, 1.807) is 0 Å². The zero-order chi connectivity index (χ0) is 91.0. The Labute approximate surface area is 808 Å². The minimum absolute atomic E-state index is 0.915. The number of furan rings is 1. The van der Waals surface area contributed by atoms with E-state index in [0.717, 1.165) is 38.8 Å². The summed E-state index contributed by atoms with van der Waals surface area (Å²) in [4.78, 5) is 7.45. The summed E-state index contributed by atoms with van der Waals surface area (Å²) in [5, 5.41) is 17.6. The summed E-state index contributed by atoms with van der Waals surface area (Å²) in [7, 11) is 0. The molecule has 7 nitrogen and oxygen atoms in total. The third-order valence-corrected chi connectivity index (χ3v) is 31.3. The summed E-state index contributed by atoms with van der Waals surface area (Å²) in [6, 6.07) is 177. The molecule has 9 heterocycles. The third kappa shape index (κ3) is 12.2. The van der Waals surface area contributed by atoms with Crippen LogP contribution in [0.5, 0.6) is 0 Å². The summed E-state index contributed by atoms with van der Waals surface area (Å²) >= 11 is 3.77. The highest BCUT2D eigenvalue weighted by Crippen LogP contribution is 2.59. The molecule has 3 aliphatic heterocycles. The molecule has 0 amide bonds. The van der Waals surface area contributed by atoms with E-state index in [1.807, 2.05) is 34.8 Å². The number of fused-ring (bicyclic) bond motifs is 25. The number of anilines is 9. The maximum Gasteiger partial charge on any atom is 0.143 e. The van der Waals surface area contributed by atoms with Crippen molar-refractivity contribution in [2.75, 3.05) is 14.7 Å². The second-order valence-electron chi connectivity index (χ2n) is 36.5. The molecular weight excluding hydrogens is 1730 g/mol. The number of benzene rings is 22. The Morgan fingerprint density at radius 2 is 0.496 bits per heavy atom. The number of hydrogen-bond acceptors (Lipinski definition) is 6. The van der Waals surface area contributed by atoms with E-state index in [4.69, 9.17) is 4.42 Å². The molecule has 6 aromatic heterocycles. The molecule has 0 saturated carbocycles. The standard InChI is InChI=1S/C46H28N2S.C42H26N2O.C42H26N2S/c1-2-16-33-29(12-1)13-10-19-34(33)31-15-9-14-30(26-31)32-27-38-35-17-3-5-21-39(35)48-41-23-7-6-22-40(41)47(43(28-32)45(38)48)42-24-11-20-37-36-18-4-8-25-44(36)49-46(37)42;1-2-14-30(15-3-1)43-37-21-7-8-22-38(37)44-36-20-6-4-16-32(36)35-25-29(26-39(43)41(35)44)27-12-10-13-28(24-27)31-18-11-19-34-33-17-5-9-23-40(33)45-42(31)34;1-2-12-27(13-3-1)28-14-10-15-29(24-28)30-25-34-31-16-4-6-19-35(31)44-37-21-8-7-20-36(37)43(39(26-30)41(34)44)38-22-11-18-33-32-17-5-9-23-40(32)45-42(33)38/h1-28H;2*1-26H. The lowest BCUT2D eigenvalue weighted by molar-refractivity contribution is 0.670. The van der Waals surface area contributed by atoms with Crippen molar-refractivity contribution in [2.45, 2.75) is 0 Å². The minimum atomic E-state index is 0.915. The lowest BCUT2D eigenvalue weighted by Gasteiger charge is -2.33. The second-order valence-corrected chi connectivity index (χ2v) is 38.6. The lowest BCUT2D eigenvalue weighted by atomic mass is 9.94. The van der Waals surface area contributed by atoms with Gasteiger partial charge < -0.3 is 32.8 Å². The fourth-order valence-corrected chi connectivity index (χ4v) is 25.2. The summed E-state index contributed by atoms with van der Waals surface area (Å²) < 4.78 is 19.1. The van der Waals surface area contributed by atoms with Gasteiger partial charge in [-0.2, -0.15) is 0 Å². The van der Waals surface area contributed by atoms with Gasteiger partial charge in [-0.15, -0.1) is 22.7 Å². The average molecular weight is 1810 g/mol. The van der Waals surface area contributed by atoms with Crippen LogP contribution in [-0.4, -0.2) is 13.7 Å². The van der Waals surface area contributed by atoms with Gasteiger partial charge in [0.15, 0.2) is 0 Å². The van der Waals surface area contributed by atoms with Gasteiger partial charge in [0, 0.05) is 85.3 Å². The van der Waals surface area contributed by atoms with Crippen molar-refractivity contribution >= 4 is 212 Å². The van der Waals surface area contributed by atoms with Crippen LogP contribution in [0.1, 0.15) is 0 Å². The first-order chi connectivity index (χ1) is 69.0. The van der Waals surface area contributed by atoms with Gasteiger partial charge in [0.25, 0.3) is 0 Å². The van der Waals surface area contributed by atoms with E-state index in [-0.39, 0.29) is 0 Å². The molecule has 648 valence electrons. The van der Waals surface area contributed by atoms with E-state index in [9.17, 15) is 0 Å². The smallest absolute Gasteiger partial charge is 0.143 e. The van der Waals surface area contributed by atoms with Crippen LogP contribution in [0, 0.1) is 0 Å². The Hall–Kier alpha value is -17.9. The lowest BCUT2D eigenvalue weighted by Crippen LogP contribution is -2.18. The monoisotopic (exact) mass is 1800 g/mol. The fraction of sp³-hybridized carbons (Fsp3) is 0.